The summed E-state index contributed by atoms with van der Waals surface area (Å²) in [7, 11) is 1.69. The molecule has 7 nitrogen and oxygen atoms in total. The van der Waals surface area contributed by atoms with Crippen LogP contribution in [0.2, 0.25) is 0 Å². The number of nitrogens with one attached hydrogen (secondary N) is 2. The summed E-state index contributed by atoms with van der Waals surface area (Å²) in [5, 5.41) is 11.6. The summed E-state index contributed by atoms with van der Waals surface area (Å²) in [4.78, 5) is 25.1. The van der Waals surface area contributed by atoms with Gasteiger partial charge < -0.3 is 10.2 Å². The molecule has 0 aliphatic carbocycles. The maximum atomic E-state index is 12.2. The molecule has 1 atom stereocenters. The Labute approximate surface area is 131 Å². The van der Waals surface area contributed by atoms with Gasteiger partial charge in [0, 0.05) is 30.2 Å². The molecular formula is C14H15N5O2S. The molecule has 0 saturated carbocycles. The van der Waals surface area contributed by atoms with E-state index in [4.69, 9.17) is 0 Å². The molecule has 2 aromatic rings. The average molecular weight is 317 g/mol. The molecule has 0 spiro atoms. The van der Waals surface area contributed by atoms with Crippen LogP contribution in [0.5, 0.6) is 0 Å². The molecule has 2 heterocycles. The minimum absolute atomic E-state index is 0.00900. The monoisotopic (exact) mass is 317 g/mol. The molecule has 1 fully saturated rings. The summed E-state index contributed by atoms with van der Waals surface area (Å²) >= 11 is 1.30. The first-order chi connectivity index (χ1) is 10.6. The number of carbonyl (C=O) groups excluding carboxylic acids is 2. The third-order valence-electron chi connectivity index (χ3n) is 3.51. The normalized spacial score (nSPS) is 18.3. The maximum Gasteiger partial charge on any atom is 0.243 e. The van der Waals surface area contributed by atoms with Gasteiger partial charge in [0.05, 0.1) is 6.54 Å². The number of aromatic nitrogens is 2. The number of anilines is 1. The number of hydrogen-bond donors (Lipinski definition) is 2. The van der Waals surface area contributed by atoms with Gasteiger partial charge in [0.15, 0.2) is 0 Å². The van der Waals surface area contributed by atoms with Crippen molar-refractivity contribution in [2.75, 3.05) is 25.5 Å². The van der Waals surface area contributed by atoms with Gasteiger partial charge in [-0.25, -0.2) is 0 Å². The molecule has 3 rings (SSSR count). The van der Waals surface area contributed by atoms with E-state index in [0.29, 0.717) is 12.2 Å². The second-order valence-corrected chi connectivity index (χ2v) is 5.67. The van der Waals surface area contributed by atoms with Gasteiger partial charge in [-0.3, -0.25) is 14.9 Å². The second-order valence-electron chi connectivity index (χ2n) is 5.06. The highest BCUT2D eigenvalue weighted by atomic mass is 32.1. The highest BCUT2D eigenvalue weighted by Gasteiger charge is 2.27. The maximum absolute atomic E-state index is 12.2. The van der Waals surface area contributed by atoms with Crippen molar-refractivity contribution in [3.63, 3.8) is 0 Å². The molecule has 22 heavy (non-hydrogen) atoms. The van der Waals surface area contributed by atoms with Gasteiger partial charge in [-0.15, -0.1) is 5.10 Å². The predicted octanol–water partition coefficient (Wildman–Crippen LogP) is 0.574. The van der Waals surface area contributed by atoms with E-state index in [9.17, 15) is 9.59 Å². The number of likely N-dealkylation sites (N-methyl/N-ethyl adjacent to an activating group) is 1. The van der Waals surface area contributed by atoms with E-state index in [1.165, 1.54) is 11.5 Å². The first-order valence-electron chi connectivity index (χ1n) is 6.79. The van der Waals surface area contributed by atoms with Crippen LogP contribution in [-0.2, 0) is 9.59 Å². The minimum Gasteiger partial charge on any atom is -0.343 e. The fraction of sp³-hybridized carbons (Fsp3) is 0.286. The van der Waals surface area contributed by atoms with Crippen LogP contribution < -0.4 is 10.6 Å². The van der Waals surface area contributed by atoms with Crippen LogP contribution in [0.3, 0.4) is 0 Å². The average Bonchev–Trinajstić information content (AvgIpc) is 3.05. The fourth-order valence-corrected chi connectivity index (χ4v) is 2.67. The van der Waals surface area contributed by atoms with E-state index in [0.717, 1.165) is 11.3 Å². The summed E-state index contributed by atoms with van der Waals surface area (Å²) in [5.74, 6) is -0.160. The summed E-state index contributed by atoms with van der Waals surface area (Å²) in [6, 6.07) is 7.02. The van der Waals surface area contributed by atoms with E-state index >= 15 is 0 Å². The van der Waals surface area contributed by atoms with Gasteiger partial charge in [-0.05, 0) is 23.7 Å². The zero-order valence-corrected chi connectivity index (χ0v) is 12.8. The lowest BCUT2D eigenvalue weighted by Crippen LogP contribution is -2.57. The van der Waals surface area contributed by atoms with Crippen molar-refractivity contribution < 1.29 is 9.59 Å². The number of nitrogens with zero attached hydrogens (tertiary/aromatic N) is 3. The number of carbonyl (C=O) groups is 2. The van der Waals surface area contributed by atoms with Crippen molar-refractivity contribution in [1.29, 1.82) is 0 Å². The van der Waals surface area contributed by atoms with E-state index in [1.807, 2.05) is 29.6 Å². The van der Waals surface area contributed by atoms with E-state index < -0.39 is 6.04 Å². The Morgan fingerprint density at radius 1 is 1.41 bits per heavy atom. The molecule has 0 bridgehead atoms. The highest BCUT2D eigenvalue weighted by Crippen LogP contribution is 2.20. The molecule has 1 saturated heterocycles. The number of benzene rings is 1. The first kappa shape index (κ1) is 14.6. The second kappa shape index (κ2) is 6.20. The van der Waals surface area contributed by atoms with Crippen molar-refractivity contribution in [3.8, 4) is 11.3 Å². The van der Waals surface area contributed by atoms with Gasteiger partial charge in [-0.2, -0.15) is 0 Å². The van der Waals surface area contributed by atoms with Crippen LogP contribution in [-0.4, -0.2) is 52.5 Å². The SMILES string of the molecule is CN1CC(C(=O)Nc2ccc(-c3csnn3)cc2)NCC1=O. The lowest BCUT2D eigenvalue weighted by Gasteiger charge is -2.29. The predicted molar refractivity (Wildman–Crippen MR) is 83.4 cm³/mol. The largest absolute Gasteiger partial charge is 0.343 e. The Morgan fingerprint density at radius 2 is 2.18 bits per heavy atom. The molecule has 1 unspecified atom stereocenters. The van der Waals surface area contributed by atoms with Crippen molar-refractivity contribution in [2.24, 2.45) is 0 Å². The van der Waals surface area contributed by atoms with E-state index in [-0.39, 0.29) is 18.4 Å². The summed E-state index contributed by atoms with van der Waals surface area (Å²) in [5.41, 5.74) is 2.48. The molecular weight excluding hydrogens is 302 g/mol. The van der Waals surface area contributed by atoms with E-state index in [2.05, 4.69) is 20.2 Å². The lowest BCUT2D eigenvalue weighted by atomic mass is 10.1. The lowest BCUT2D eigenvalue weighted by molar-refractivity contribution is -0.133. The Kier molecular flexibility index (Phi) is 4.12. The van der Waals surface area contributed by atoms with Crippen molar-refractivity contribution in [2.45, 2.75) is 6.04 Å². The molecule has 2 N–H and O–H groups in total. The quantitative estimate of drug-likeness (QED) is 0.864. The van der Waals surface area contributed by atoms with Gasteiger partial charge in [0.2, 0.25) is 11.8 Å². The fourth-order valence-electron chi connectivity index (χ4n) is 2.21. The van der Waals surface area contributed by atoms with Crippen LogP contribution in [0.4, 0.5) is 5.69 Å². The molecule has 2 amide bonds. The standard InChI is InChI=1S/C14H15N5O2S/c1-19-7-11(15-6-13(19)20)14(21)16-10-4-2-9(3-5-10)12-8-22-18-17-12/h2-5,8,11,15H,6-7H2,1H3,(H,16,21). The van der Waals surface area contributed by atoms with Crippen LogP contribution in [0.25, 0.3) is 11.3 Å². The summed E-state index contributed by atoms with van der Waals surface area (Å²) in [6.07, 6.45) is 0. The summed E-state index contributed by atoms with van der Waals surface area (Å²) < 4.78 is 3.83. The number of piperazine rings is 1. The molecule has 8 heteroatoms. The zero-order valence-electron chi connectivity index (χ0n) is 11.9. The Morgan fingerprint density at radius 3 is 2.82 bits per heavy atom. The molecule has 114 valence electrons. The highest BCUT2D eigenvalue weighted by molar-refractivity contribution is 7.03. The van der Waals surface area contributed by atoms with Crippen molar-refractivity contribution in [1.82, 2.24) is 19.8 Å². The molecule has 1 aliphatic rings. The zero-order chi connectivity index (χ0) is 15.5. The third-order valence-corrected chi connectivity index (χ3v) is 4.01. The first-order valence-corrected chi connectivity index (χ1v) is 7.63. The summed E-state index contributed by atoms with van der Waals surface area (Å²) in [6.45, 7) is 0.553. The van der Waals surface area contributed by atoms with Gasteiger partial charge in [0.25, 0.3) is 0 Å². The van der Waals surface area contributed by atoms with E-state index in [1.54, 1.807) is 11.9 Å². The van der Waals surface area contributed by atoms with Gasteiger partial charge in [0.1, 0.15) is 11.7 Å². The van der Waals surface area contributed by atoms with Crippen LogP contribution in [0.1, 0.15) is 0 Å². The van der Waals surface area contributed by atoms with Crippen LogP contribution >= 0.6 is 11.5 Å². The Bertz CT molecular complexity index is 671. The van der Waals surface area contributed by atoms with Crippen LogP contribution in [0.15, 0.2) is 29.6 Å². The number of rotatable bonds is 3. The third kappa shape index (κ3) is 3.12. The minimum atomic E-state index is -0.398. The molecule has 1 aromatic heterocycles. The van der Waals surface area contributed by atoms with Gasteiger partial charge in [-0.1, -0.05) is 16.6 Å². The smallest absolute Gasteiger partial charge is 0.243 e. The molecule has 1 aliphatic heterocycles. The van der Waals surface area contributed by atoms with Crippen LogP contribution in [0, 0.1) is 0 Å². The number of hydrogen-bond acceptors (Lipinski definition) is 6. The Balaban J connectivity index is 1.63. The molecule has 1 aromatic carbocycles. The Hall–Kier alpha value is -2.32. The number of amides is 2. The van der Waals surface area contributed by atoms with Crippen molar-refractivity contribution in [3.05, 3.63) is 29.6 Å². The van der Waals surface area contributed by atoms with Crippen molar-refractivity contribution >= 4 is 29.0 Å². The molecule has 0 radical (unpaired) electrons. The topological polar surface area (TPSA) is 87.2 Å². The van der Waals surface area contributed by atoms with Gasteiger partial charge >= 0.3 is 0 Å².